The number of fused-ring (bicyclic) bond motifs is 5. The summed E-state index contributed by atoms with van der Waals surface area (Å²) in [7, 11) is 1.55. The lowest BCUT2D eigenvalue weighted by Crippen LogP contribution is -2.20. The lowest BCUT2D eigenvalue weighted by Gasteiger charge is -2.08. The number of hydrogen-bond donors (Lipinski definition) is 1. The maximum absolute atomic E-state index is 10.4. The van der Waals surface area contributed by atoms with Crippen LogP contribution in [0.15, 0.2) is 42.7 Å². The van der Waals surface area contributed by atoms with Crippen molar-refractivity contribution in [2.24, 2.45) is 0 Å². The Morgan fingerprint density at radius 3 is 2.80 bits per heavy atom. The molecule has 1 aliphatic rings. The summed E-state index contributed by atoms with van der Waals surface area (Å²) in [5.41, 5.74) is 2.11. The SMILES string of the molecule is COc1ccc2cc3c4cc5c(c(C)c4cc[n+]3cc2c1O)OCO5. The van der Waals surface area contributed by atoms with E-state index in [1.807, 2.05) is 35.9 Å². The second-order valence-corrected chi connectivity index (χ2v) is 6.20. The van der Waals surface area contributed by atoms with Gasteiger partial charge in [-0.2, -0.15) is 4.40 Å². The maximum atomic E-state index is 10.4. The second kappa shape index (κ2) is 4.89. The fourth-order valence-electron chi connectivity index (χ4n) is 3.60. The number of nitrogens with zero attached hydrogens (tertiary/aromatic N) is 1. The summed E-state index contributed by atoms with van der Waals surface area (Å²) in [6.07, 6.45) is 3.91. The van der Waals surface area contributed by atoms with Gasteiger partial charge in [0.25, 0.3) is 0 Å². The summed E-state index contributed by atoms with van der Waals surface area (Å²) >= 11 is 0. The predicted octanol–water partition coefficient (Wildman–Crippen LogP) is 3.48. The standard InChI is InChI=1S/C20H15NO4/c1-11-13-5-6-21-9-15-12(3-4-17(23-2)19(15)22)7-16(21)14(13)8-18-20(11)25-10-24-18/h3-9H,10H2,1-2H3/p+1. The van der Waals surface area contributed by atoms with Gasteiger partial charge in [-0.15, -0.1) is 0 Å². The Balaban J connectivity index is 1.91. The minimum atomic E-state index is 0.149. The molecule has 0 radical (unpaired) electrons. The van der Waals surface area contributed by atoms with Crippen LogP contribution in [0.1, 0.15) is 5.56 Å². The van der Waals surface area contributed by atoms with Crippen molar-refractivity contribution in [2.45, 2.75) is 6.92 Å². The zero-order valence-electron chi connectivity index (χ0n) is 13.9. The van der Waals surface area contributed by atoms with Gasteiger partial charge in [-0.25, -0.2) is 0 Å². The molecule has 2 aromatic carbocycles. The van der Waals surface area contributed by atoms with Crippen LogP contribution in [0.3, 0.4) is 0 Å². The van der Waals surface area contributed by atoms with Gasteiger partial charge in [0.05, 0.1) is 17.9 Å². The van der Waals surface area contributed by atoms with Crippen LogP contribution in [0.25, 0.3) is 27.1 Å². The van der Waals surface area contributed by atoms with Crippen molar-refractivity contribution in [1.29, 1.82) is 0 Å². The molecule has 0 aliphatic carbocycles. The topological polar surface area (TPSA) is 52.0 Å². The van der Waals surface area contributed by atoms with Crippen LogP contribution in [0.5, 0.6) is 23.0 Å². The molecule has 0 spiro atoms. The smallest absolute Gasteiger partial charge is 0.231 e. The summed E-state index contributed by atoms with van der Waals surface area (Å²) in [6.45, 7) is 2.30. The molecule has 5 rings (SSSR count). The van der Waals surface area contributed by atoms with E-state index in [0.29, 0.717) is 5.75 Å². The number of benzene rings is 2. The highest BCUT2D eigenvalue weighted by Crippen LogP contribution is 2.41. The van der Waals surface area contributed by atoms with Gasteiger partial charge in [-0.05, 0) is 30.5 Å². The van der Waals surface area contributed by atoms with Crippen molar-refractivity contribution >= 4 is 27.1 Å². The third-order valence-corrected chi connectivity index (χ3v) is 4.90. The van der Waals surface area contributed by atoms with Crippen LogP contribution in [0, 0.1) is 6.92 Å². The number of hydrogen-bond acceptors (Lipinski definition) is 4. The molecule has 0 saturated heterocycles. The summed E-state index contributed by atoms with van der Waals surface area (Å²) < 4.78 is 18.4. The zero-order chi connectivity index (χ0) is 17.1. The molecule has 5 heteroatoms. The van der Waals surface area contributed by atoms with E-state index in [1.165, 1.54) is 0 Å². The van der Waals surface area contributed by atoms with E-state index in [0.717, 1.165) is 44.1 Å². The lowest BCUT2D eigenvalue weighted by molar-refractivity contribution is -0.509. The first-order valence-electron chi connectivity index (χ1n) is 8.04. The minimum Gasteiger partial charge on any atom is -0.504 e. The van der Waals surface area contributed by atoms with E-state index in [1.54, 1.807) is 13.2 Å². The monoisotopic (exact) mass is 334 g/mol. The number of aryl methyl sites for hydroxylation is 1. The average molecular weight is 334 g/mol. The van der Waals surface area contributed by atoms with Gasteiger partial charge in [0.2, 0.25) is 12.3 Å². The van der Waals surface area contributed by atoms with Gasteiger partial charge in [-0.3, -0.25) is 0 Å². The van der Waals surface area contributed by atoms with E-state index in [9.17, 15) is 5.11 Å². The zero-order valence-corrected chi connectivity index (χ0v) is 13.9. The van der Waals surface area contributed by atoms with Crippen molar-refractivity contribution in [3.8, 4) is 23.0 Å². The third-order valence-electron chi connectivity index (χ3n) is 4.90. The Kier molecular flexibility index (Phi) is 2.77. The van der Waals surface area contributed by atoms with E-state index in [4.69, 9.17) is 14.2 Å². The van der Waals surface area contributed by atoms with Gasteiger partial charge in [0, 0.05) is 23.1 Å². The molecule has 0 bridgehead atoms. The molecule has 4 aromatic rings. The first-order valence-corrected chi connectivity index (χ1v) is 8.04. The quantitative estimate of drug-likeness (QED) is 0.329. The summed E-state index contributed by atoms with van der Waals surface area (Å²) in [6, 6.07) is 9.88. The number of phenolic OH excluding ortho intramolecular Hbond substituents is 1. The molecule has 0 atom stereocenters. The van der Waals surface area contributed by atoms with Crippen LogP contribution < -0.4 is 18.6 Å². The first kappa shape index (κ1) is 14.2. The normalized spacial score (nSPS) is 13.0. The largest absolute Gasteiger partial charge is 0.504 e. The number of aromatic hydroxyl groups is 1. The summed E-state index contributed by atoms with van der Waals surface area (Å²) in [5, 5.41) is 14.3. The van der Waals surface area contributed by atoms with Crippen LogP contribution in [-0.4, -0.2) is 19.0 Å². The van der Waals surface area contributed by atoms with Crippen LogP contribution >= 0.6 is 0 Å². The second-order valence-electron chi connectivity index (χ2n) is 6.20. The first-order chi connectivity index (χ1) is 12.2. The minimum absolute atomic E-state index is 0.149. The fraction of sp³-hybridized carbons (Fsp3) is 0.150. The Morgan fingerprint density at radius 2 is 1.96 bits per heavy atom. The highest BCUT2D eigenvalue weighted by molar-refractivity contribution is 6.01. The summed E-state index contributed by atoms with van der Waals surface area (Å²) in [5.74, 6) is 2.21. The number of pyridine rings is 2. The van der Waals surface area contributed by atoms with Gasteiger partial charge >= 0.3 is 0 Å². The van der Waals surface area contributed by atoms with Crippen LogP contribution in [0.2, 0.25) is 0 Å². The molecule has 0 fully saturated rings. The molecule has 5 nitrogen and oxygen atoms in total. The van der Waals surface area contributed by atoms with Gasteiger partial charge in [0.1, 0.15) is 0 Å². The number of ether oxygens (including phenoxy) is 3. The van der Waals surface area contributed by atoms with E-state index >= 15 is 0 Å². The number of phenols is 1. The fourth-order valence-corrected chi connectivity index (χ4v) is 3.60. The lowest BCUT2D eigenvalue weighted by atomic mass is 10.0. The van der Waals surface area contributed by atoms with Gasteiger partial charge < -0.3 is 19.3 Å². The average Bonchev–Trinajstić information content (AvgIpc) is 3.10. The van der Waals surface area contributed by atoms with Gasteiger partial charge in [0.15, 0.2) is 35.4 Å². The third kappa shape index (κ3) is 1.86. The molecule has 25 heavy (non-hydrogen) atoms. The molecular formula is C20H16NO4+. The van der Waals surface area contributed by atoms with Crippen molar-refractivity contribution in [3.05, 3.63) is 48.3 Å². The van der Waals surface area contributed by atoms with E-state index in [-0.39, 0.29) is 12.5 Å². The molecule has 0 unspecified atom stereocenters. The van der Waals surface area contributed by atoms with Crippen molar-refractivity contribution < 1.29 is 23.7 Å². The van der Waals surface area contributed by atoms with Crippen molar-refractivity contribution in [3.63, 3.8) is 0 Å². The highest BCUT2D eigenvalue weighted by Gasteiger charge is 2.22. The number of methoxy groups -OCH3 is 1. The molecular weight excluding hydrogens is 318 g/mol. The Bertz CT molecular complexity index is 1180. The van der Waals surface area contributed by atoms with Crippen LogP contribution in [-0.2, 0) is 0 Å². The van der Waals surface area contributed by atoms with Crippen molar-refractivity contribution in [1.82, 2.24) is 0 Å². The predicted molar refractivity (Wildman–Crippen MR) is 93.7 cm³/mol. The Hall–Kier alpha value is -3.21. The molecule has 3 heterocycles. The number of rotatable bonds is 1. The van der Waals surface area contributed by atoms with E-state index < -0.39 is 0 Å². The molecule has 0 amide bonds. The molecule has 1 N–H and O–H groups in total. The Labute approximate surface area is 143 Å². The van der Waals surface area contributed by atoms with E-state index in [2.05, 4.69) is 12.1 Å². The highest BCUT2D eigenvalue weighted by atomic mass is 16.7. The van der Waals surface area contributed by atoms with Gasteiger partial charge in [-0.1, -0.05) is 0 Å². The molecule has 2 aromatic heterocycles. The molecule has 1 aliphatic heterocycles. The Morgan fingerprint density at radius 1 is 1.08 bits per heavy atom. The van der Waals surface area contributed by atoms with Crippen LogP contribution in [0.4, 0.5) is 0 Å². The molecule has 0 saturated carbocycles. The maximum Gasteiger partial charge on any atom is 0.231 e. The van der Waals surface area contributed by atoms with Crippen molar-refractivity contribution in [2.75, 3.05) is 13.9 Å². The number of aromatic nitrogens is 1. The molecule has 124 valence electrons. The summed E-state index contributed by atoms with van der Waals surface area (Å²) in [4.78, 5) is 0.